The van der Waals surface area contributed by atoms with Gasteiger partial charge >= 0.3 is 0 Å². The van der Waals surface area contributed by atoms with E-state index < -0.39 is 0 Å². The number of hydrogen-bond acceptors (Lipinski definition) is 3. The first-order valence-corrected chi connectivity index (χ1v) is 14.7. The van der Waals surface area contributed by atoms with Crippen LogP contribution in [0.25, 0.3) is 76.6 Å². The molecule has 0 spiro atoms. The van der Waals surface area contributed by atoms with Crippen LogP contribution in [0.5, 0.6) is 0 Å². The van der Waals surface area contributed by atoms with Gasteiger partial charge in [-0.1, -0.05) is 71.9 Å². The largest absolute Gasteiger partial charge is 0.439 e. The normalized spacial score (nSPS) is 13.0. The van der Waals surface area contributed by atoms with Crippen molar-refractivity contribution < 1.29 is 4.42 Å². The lowest BCUT2D eigenvalue weighted by atomic mass is 9.84. The van der Waals surface area contributed by atoms with Crippen LogP contribution in [0.3, 0.4) is 0 Å². The van der Waals surface area contributed by atoms with Gasteiger partial charge in [0.05, 0.1) is 22.1 Å². The molecular formula is C38H33N3O. The molecule has 0 unspecified atom stereocenters. The Morgan fingerprint density at radius 1 is 0.548 bits per heavy atom. The summed E-state index contributed by atoms with van der Waals surface area (Å²) in [4.78, 5) is 14.2. The summed E-state index contributed by atoms with van der Waals surface area (Å²) in [6.45, 7) is 13.7. The van der Waals surface area contributed by atoms with Crippen molar-refractivity contribution in [2.24, 2.45) is 0 Å². The molecule has 4 heteroatoms. The van der Waals surface area contributed by atoms with Crippen molar-refractivity contribution in [3.05, 3.63) is 96.1 Å². The predicted molar refractivity (Wildman–Crippen MR) is 177 cm³/mol. The van der Waals surface area contributed by atoms with Crippen molar-refractivity contribution in [2.45, 2.75) is 52.4 Å². The minimum Gasteiger partial charge on any atom is -0.439 e. The summed E-state index contributed by atoms with van der Waals surface area (Å²) >= 11 is 0. The first-order chi connectivity index (χ1) is 20.0. The molecule has 206 valence electrons. The van der Waals surface area contributed by atoms with E-state index in [1.165, 1.54) is 21.9 Å². The summed E-state index contributed by atoms with van der Waals surface area (Å²) in [5, 5.41) is 7.83. The molecule has 0 aliphatic rings. The maximum absolute atomic E-state index is 6.39. The Bertz CT molecular complexity index is 2430. The number of nitrogens with zero attached hydrogens (tertiary/aromatic N) is 2. The minimum atomic E-state index is -0.0382. The van der Waals surface area contributed by atoms with E-state index in [1.807, 2.05) is 12.1 Å². The Morgan fingerprint density at radius 3 is 1.90 bits per heavy atom. The van der Waals surface area contributed by atoms with Gasteiger partial charge in [-0.3, -0.25) is 0 Å². The Morgan fingerprint density at radius 2 is 1.17 bits per heavy atom. The fourth-order valence-corrected chi connectivity index (χ4v) is 6.19. The van der Waals surface area contributed by atoms with E-state index in [0.29, 0.717) is 5.71 Å². The van der Waals surface area contributed by atoms with Crippen LogP contribution in [0.15, 0.2) is 89.3 Å². The second-order valence-electron chi connectivity index (χ2n) is 13.7. The first kappa shape index (κ1) is 25.0. The van der Waals surface area contributed by atoms with E-state index in [-0.39, 0.29) is 10.8 Å². The Labute approximate surface area is 244 Å². The van der Waals surface area contributed by atoms with Gasteiger partial charge in [0.15, 0.2) is 0 Å². The van der Waals surface area contributed by atoms with Crippen LogP contribution in [0.1, 0.15) is 52.7 Å². The van der Waals surface area contributed by atoms with Crippen LogP contribution < -0.4 is 0 Å². The smallest absolute Gasteiger partial charge is 0.219 e. The Balaban J connectivity index is 1.72. The molecule has 8 rings (SSSR count). The third-order valence-electron chi connectivity index (χ3n) is 8.68. The highest BCUT2D eigenvalue weighted by Crippen LogP contribution is 2.40. The molecule has 0 aliphatic carbocycles. The van der Waals surface area contributed by atoms with Crippen LogP contribution >= 0.6 is 0 Å². The summed E-state index contributed by atoms with van der Waals surface area (Å²) in [6, 6.07) is 30.3. The number of H-pyrrole nitrogens is 1. The van der Waals surface area contributed by atoms with Gasteiger partial charge in [0, 0.05) is 43.9 Å². The van der Waals surface area contributed by atoms with Gasteiger partial charge in [-0.15, -0.1) is 0 Å². The summed E-state index contributed by atoms with van der Waals surface area (Å²) in [7, 11) is 0. The number of hydrogen-bond donors (Lipinski definition) is 1. The minimum absolute atomic E-state index is 0.0339. The maximum Gasteiger partial charge on any atom is 0.219 e. The molecule has 8 bridgehead atoms. The molecule has 8 aromatic rings. The molecule has 1 N–H and O–H groups in total. The van der Waals surface area contributed by atoms with Crippen LogP contribution in [0.2, 0.25) is 0 Å². The highest BCUT2D eigenvalue weighted by Gasteiger charge is 2.22. The van der Waals surface area contributed by atoms with Gasteiger partial charge in [0.1, 0.15) is 5.58 Å². The van der Waals surface area contributed by atoms with Crippen LogP contribution in [-0.4, -0.2) is 15.0 Å². The molecule has 4 heterocycles. The predicted octanol–water partition coefficient (Wildman–Crippen LogP) is 10.6. The molecule has 0 amide bonds. The SMILES string of the molecule is CC(C)(C)c1cc2c3cccc(c3)oc3ccc4ccc5ccc([nH]c5c4n3)c3cc(C(C)(C)C)cc4c(c1)c2nc34. The van der Waals surface area contributed by atoms with Gasteiger partial charge in [0.25, 0.3) is 0 Å². The van der Waals surface area contributed by atoms with Gasteiger partial charge in [-0.05, 0) is 75.9 Å². The van der Waals surface area contributed by atoms with E-state index in [1.54, 1.807) is 0 Å². The highest BCUT2D eigenvalue weighted by molar-refractivity contribution is 6.21. The number of benzene rings is 4. The average molecular weight is 548 g/mol. The molecule has 0 fully saturated rings. The topological polar surface area (TPSA) is 54.7 Å². The quantitative estimate of drug-likeness (QED) is 0.192. The monoisotopic (exact) mass is 547 g/mol. The average Bonchev–Trinajstić information content (AvgIpc) is 3.33. The zero-order valence-corrected chi connectivity index (χ0v) is 24.9. The highest BCUT2D eigenvalue weighted by atomic mass is 16.3. The molecular weight excluding hydrogens is 514 g/mol. The van der Waals surface area contributed by atoms with Crippen LogP contribution in [0.4, 0.5) is 0 Å². The first-order valence-electron chi connectivity index (χ1n) is 14.7. The van der Waals surface area contributed by atoms with Gasteiger partial charge < -0.3 is 9.40 Å². The third-order valence-corrected chi connectivity index (χ3v) is 8.68. The molecule has 0 saturated heterocycles. The molecule has 42 heavy (non-hydrogen) atoms. The second kappa shape index (κ2) is 8.42. The van der Waals surface area contributed by atoms with Crippen molar-refractivity contribution in [3.63, 3.8) is 0 Å². The standard InChI is InChI=1S/C38H33N3O/c1-37(2,3)24-17-27-23-8-7-9-26(16-23)42-32-15-13-22-11-10-21-12-14-31(39-33(21)34(22)40-32)30-20-25(38(4,5)6)19-29-28(18-24)35(27)41-36(29)30/h7-20,39H,1-6H3. The summed E-state index contributed by atoms with van der Waals surface area (Å²) in [5.41, 5.74) is 8.73. The molecule has 0 saturated carbocycles. The second-order valence-corrected chi connectivity index (χ2v) is 13.7. The van der Waals surface area contributed by atoms with Crippen molar-refractivity contribution in [2.75, 3.05) is 0 Å². The van der Waals surface area contributed by atoms with E-state index in [2.05, 4.69) is 119 Å². The van der Waals surface area contributed by atoms with Crippen LogP contribution in [-0.2, 0) is 10.8 Å². The van der Waals surface area contributed by atoms with Crippen molar-refractivity contribution in [3.8, 4) is 0 Å². The number of nitrogens with one attached hydrogen (secondary N) is 1. The molecule has 0 radical (unpaired) electrons. The number of aromatic amines is 1. The lowest BCUT2D eigenvalue weighted by Crippen LogP contribution is -2.11. The maximum atomic E-state index is 6.39. The Kier molecular flexibility index (Phi) is 5.02. The van der Waals surface area contributed by atoms with Gasteiger partial charge in [0.2, 0.25) is 5.71 Å². The van der Waals surface area contributed by atoms with Crippen molar-refractivity contribution in [1.29, 1.82) is 0 Å². The zero-order valence-electron chi connectivity index (χ0n) is 24.9. The van der Waals surface area contributed by atoms with Crippen LogP contribution in [0, 0.1) is 0 Å². The number of aromatic nitrogens is 3. The van der Waals surface area contributed by atoms with Crippen molar-refractivity contribution in [1.82, 2.24) is 15.0 Å². The van der Waals surface area contributed by atoms with E-state index in [9.17, 15) is 0 Å². The summed E-state index contributed by atoms with van der Waals surface area (Å²) < 4.78 is 6.39. The molecule has 0 aliphatic heterocycles. The lowest BCUT2D eigenvalue weighted by Gasteiger charge is -2.20. The fraction of sp³-hybridized carbons (Fsp3) is 0.211. The van der Waals surface area contributed by atoms with Gasteiger partial charge in [-0.25, -0.2) is 9.97 Å². The summed E-state index contributed by atoms with van der Waals surface area (Å²) in [6.07, 6.45) is 0. The Hall–Kier alpha value is -4.70. The van der Waals surface area contributed by atoms with E-state index in [0.717, 1.165) is 60.1 Å². The number of pyridine rings is 2. The lowest BCUT2D eigenvalue weighted by molar-refractivity contribution is 0.591. The molecule has 0 atom stereocenters. The zero-order chi connectivity index (χ0) is 29.0. The molecule has 4 nitrogen and oxygen atoms in total. The van der Waals surface area contributed by atoms with Gasteiger partial charge in [-0.2, -0.15) is 0 Å². The van der Waals surface area contributed by atoms with E-state index >= 15 is 0 Å². The fourth-order valence-electron chi connectivity index (χ4n) is 6.19. The number of rotatable bonds is 0. The van der Waals surface area contributed by atoms with Crippen molar-refractivity contribution >= 4 is 76.6 Å². The molecule has 4 aromatic heterocycles. The van der Waals surface area contributed by atoms with E-state index in [4.69, 9.17) is 14.4 Å². The molecule has 4 aromatic carbocycles. The number of fused-ring (bicyclic) bond motifs is 7. The third kappa shape index (κ3) is 3.82. The summed E-state index contributed by atoms with van der Waals surface area (Å²) in [5.74, 6) is 0.